The predicted octanol–water partition coefficient (Wildman–Crippen LogP) is 11.3. The van der Waals surface area contributed by atoms with Gasteiger partial charge in [-0.2, -0.15) is 0 Å². The van der Waals surface area contributed by atoms with Crippen LogP contribution in [0.5, 0.6) is 0 Å². The number of carbonyl (C=O) groups excluding carboxylic acids is 1. The largest absolute Gasteiger partial charge is 0.458 e. The molecule has 7 rings (SSSR count). The number of carbonyl (C=O) groups is 1. The summed E-state index contributed by atoms with van der Waals surface area (Å²) in [5.74, 6) is 5.60. The predicted molar refractivity (Wildman–Crippen MR) is 243 cm³/mol. The van der Waals surface area contributed by atoms with Crippen molar-refractivity contribution in [3.63, 3.8) is 0 Å². The van der Waals surface area contributed by atoms with Crippen LogP contribution >= 0.6 is 0 Å². The minimum absolute atomic E-state index is 0.164. The fourth-order valence-electron chi connectivity index (χ4n) is 15.4. The molecule has 1 N–H and O–H groups in total. The molecule has 7 heteroatoms. The van der Waals surface area contributed by atoms with Crippen molar-refractivity contribution in [1.82, 2.24) is 10.2 Å². The number of allylic oxidation sites excluding steroid dienone is 3. The molecule has 5 saturated carbocycles. The fraction of sp³-hybridized carbons (Fsp3) is 0.902. The lowest BCUT2D eigenvalue weighted by Crippen LogP contribution is -2.68. The first kappa shape index (κ1) is 46.5. The SMILES string of the molecule is C=C(C)[C@@H]1CCC2(NCCN3CCS(=O)CC3)CC[C@]3(C)C(CCC4C5(C)CC=C(CC6CCC(OC)(C(=O)OC(C)(C)CC)CC6)C(C)(C)C5CCC43C)C12.CC. The summed E-state index contributed by atoms with van der Waals surface area (Å²) < 4.78 is 24.0. The number of hydrogen-bond acceptors (Lipinski definition) is 6. The van der Waals surface area contributed by atoms with Crippen molar-refractivity contribution in [1.29, 1.82) is 0 Å². The van der Waals surface area contributed by atoms with Gasteiger partial charge in [0.1, 0.15) is 5.60 Å². The van der Waals surface area contributed by atoms with Crippen LogP contribution in [0.3, 0.4) is 0 Å². The average molecular weight is 825 g/mol. The monoisotopic (exact) mass is 825 g/mol. The van der Waals surface area contributed by atoms with Crippen LogP contribution in [-0.2, 0) is 25.1 Å². The van der Waals surface area contributed by atoms with Crippen molar-refractivity contribution in [2.75, 3.05) is 44.8 Å². The highest BCUT2D eigenvalue weighted by molar-refractivity contribution is 7.85. The van der Waals surface area contributed by atoms with Crippen molar-refractivity contribution in [2.45, 2.75) is 189 Å². The van der Waals surface area contributed by atoms with Gasteiger partial charge in [-0.05, 0) is 174 Å². The lowest BCUT2D eigenvalue weighted by molar-refractivity contribution is -0.221. The highest BCUT2D eigenvalue weighted by Crippen LogP contribution is 2.76. The lowest BCUT2D eigenvalue weighted by Gasteiger charge is -2.72. The van der Waals surface area contributed by atoms with Gasteiger partial charge in [-0.25, -0.2) is 4.79 Å². The number of fused-ring (bicyclic) bond motifs is 7. The molecular formula is C51H88N2O4S. The minimum atomic E-state index is -0.796. The number of rotatable bonds is 11. The normalized spacial score (nSPS) is 42.7. The molecule has 1 saturated heterocycles. The van der Waals surface area contributed by atoms with Crippen LogP contribution in [0.15, 0.2) is 23.8 Å². The van der Waals surface area contributed by atoms with E-state index in [2.05, 4.69) is 71.3 Å². The first-order valence-corrected chi connectivity index (χ1v) is 25.7. The number of nitrogens with one attached hydrogen (secondary N) is 1. The van der Waals surface area contributed by atoms with Crippen LogP contribution in [0.1, 0.15) is 172 Å². The zero-order valence-corrected chi connectivity index (χ0v) is 40.4. The van der Waals surface area contributed by atoms with Gasteiger partial charge in [0, 0.05) is 61.1 Å². The van der Waals surface area contributed by atoms with E-state index in [1.807, 2.05) is 27.7 Å². The van der Waals surface area contributed by atoms with Gasteiger partial charge in [0.25, 0.3) is 0 Å². The van der Waals surface area contributed by atoms with E-state index in [9.17, 15) is 9.00 Å². The van der Waals surface area contributed by atoms with E-state index < -0.39 is 22.0 Å². The van der Waals surface area contributed by atoms with E-state index in [0.29, 0.717) is 39.9 Å². The summed E-state index contributed by atoms with van der Waals surface area (Å²) in [7, 11) is 1.09. The van der Waals surface area contributed by atoms with Gasteiger partial charge in [0.05, 0.1) is 0 Å². The molecule has 0 aromatic carbocycles. The Bertz CT molecular complexity index is 1540. The van der Waals surface area contributed by atoms with Gasteiger partial charge < -0.3 is 19.7 Å². The van der Waals surface area contributed by atoms with Crippen molar-refractivity contribution in [3.05, 3.63) is 23.8 Å². The van der Waals surface area contributed by atoms with E-state index in [1.54, 1.807) is 12.7 Å². The Kier molecular flexibility index (Phi) is 13.8. The highest BCUT2D eigenvalue weighted by Gasteiger charge is 2.70. The van der Waals surface area contributed by atoms with Gasteiger partial charge in [-0.3, -0.25) is 4.21 Å². The second-order valence-corrected chi connectivity index (χ2v) is 24.2. The Balaban J connectivity index is 0.00000279. The Morgan fingerprint density at radius 1 is 0.914 bits per heavy atom. The van der Waals surface area contributed by atoms with E-state index >= 15 is 0 Å². The molecule has 9 atom stereocenters. The van der Waals surface area contributed by atoms with Crippen molar-refractivity contribution >= 4 is 16.8 Å². The standard InChI is InChI=1S/C49H82N2O4S.C2H6/c1-12-43(4,5)55-42(52)49(54-11)23-15-35(16-24-49)33-36-17-20-45(8)39(44(36,6)7)19-21-47(10)40(45)14-13-38-41-37(34(2)3)18-22-48(41,26-25-46(38,47)9)50-27-28-51-29-31-56(53)32-30-51;1-2/h17,35,37-41,50H,2,12-16,18-33H2,1,3-11H3;1-2H3/t35?,37-,38?,39?,40?,41?,45?,46+,47?,48?,49?;/m0./s1. The summed E-state index contributed by atoms with van der Waals surface area (Å²) in [5, 5.41) is 4.31. The third-order valence-corrected chi connectivity index (χ3v) is 20.7. The summed E-state index contributed by atoms with van der Waals surface area (Å²) >= 11 is 0. The Morgan fingerprint density at radius 3 is 2.21 bits per heavy atom. The summed E-state index contributed by atoms with van der Waals surface area (Å²) in [4.78, 5) is 16.0. The number of ether oxygens (including phenoxy) is 2. The van der Waals surface area contributed by atoms with E-state index in [1.165, 1.54) is 63.4 Å². The Morgan fingerprint density at radius 2 is 1.59 bits per heavy atom. The number of nitrogens with zero attached hydrogens (tertiary/aromatic N) is 1. The van der Waals surface area contributed by atoms with Crippen molar-refractivity contribution < 1.29 is 18.5 Å². The Labute approximate surface area is 359 Å². The second-order valence-electron chi connectivity index (χ2n) is 22.5. The summed E-state index contributed by atoms with van der Waals surface area (Å²) in [5.41, 5.74) is 3.26. The van der Waals surface area contributed by atoms with Crippen LogP contribution in [0.2, 0.25) is 0 Å². The molecule has 0 aromatic rings. The summed E-state index contributed by atoms with van der Waals surface area (Å²) in [6.07, 6.45) is 20.1. The fourth-order valence-corrected chi connectivity index (χ4v) is 16.5. The van der Waals surface area contributed by atoms with Crippen molar-refractivity contribution in [3.8, 4) is 0 Å². The number of hydrogen-bond donors (Lipinski definition) is 1. The molecule has 58 heavy (non-hydrogen) atoms. The lowest BCUT2D eigenvalue weighted by atomic mass is 9.33. The smallest absolute Gasteiger partial charge is 0.338 e. The van der Waals surface area contributed by atoms with Crippen LogP contribution in [0, 0.1) is 57.2 Å². The van der Waals surface area contributed by atoms with Crippen LogP contribution in [0.4, 0.5) is 0 Å². The maximum atomic E-state index is 13.4. The third-order valence-electron chi connectivity index (χ3n) is 19.4. The van der Waals surface area contributed by atoms with Crippen LogP contribution in [0.25, 0.3) is 0 Å². The first-order valence-electron chi connectivity index (χ1n) is 24.3. The second kappa shape index (κ2) is 17.3. The molecule has 1 aliphatic heterocycles. The first-order chi connectivity index (χ1) is 27.3. The average Bonchev–Trinajstić information content (AvgIpc) is 3.58. The number of esters is 1. The van der Waals surface area contributed by atoms with Gasteiger partial charge >= 0.3 is 5.97 Å². The van der Waals surface area contributed by atoms with E-state index in [4.69, 9.17) is 9.47 Å². The highest BCUT2D eigenvalue weighted by atomic mass is 32.2. The van der Waals surface area contributed by atoms with Gasteiger partial charge in [-0.15, -0.1) is 0 Å². The van der Waals surface area contributed by atoms with Crippen LogP contribution in [-0.4, -0.2) is 76.6 Å². The zero-order valence-electron chi connectivity index (χ0n) is 39.6. The summed E-state index contributed by atoms with van der Waals surface area (Å²) in [6.45, 7) is 34.6. The molecule has 6 aliphatic carbocycles. The molecule has 0 spiro atoms. The molecule has 0 radical (unpaired) electrons. The molecule has 0 aromatic heterocycles. The maximum absolute atomic E-state index is 13.4. The van der Waals surface area contributed by atoms with Gasteiger partial charge in [0.2, 0.25) is 0 Å². The van der Waals surface area contributed by atoms with E-state index in [-0.39, 0.29) is 16.9 Å². The molecular weight excluding hydrogens is 737 g/mol. The number of methoxy groups -OCH3 is 1. The van der Waals surface area contributed by atoms with Crippen molar-refractivity contribution in [2.24, 2.45) is 57.2 Å². The molecule has 0 amide bonds. The molecule has 6 nitrogen and oxygen atoms in total. The Hall–Kier alpha value is -1.02. The quantitative estimate of drug-likeness (QED) is 0.165. The summed E-state index contributed by atoms with van der Waals surface area (Å²) in [6, 6.07) is 0. The minimum Gasteiger partial charge on any atom is -0.458 e. The topological polar surface area (TPSA) is 67.9 Å². The molecule has 6 fully saturated rings. The van der Waals surface area contributed by atoms with Gasteiger partial charge in [0.15, 0.2) is 5.60 Å². The molecule has 7 aliphatic rings. The van der Waals surface area contributed by atoms with Crippen LogP contribution < -0.4 is 5.32 Å². The van der Waals surface area contributed by atoms with E-state index in [0.717, 1.165) is 88.0 Å². The molecule has 332 valence electrons. The molecule has 1 heterocycles. The zero-order chi connectivity index (χ0) is 42.5. The molecule has 0 bridgehead atoms. The third kappa shape index (κ3) is 7.95. The maximum Gasteiger partial charge on any atom is 0.338 e. The molecule has 7 unspecified atom stereocenters. The van der Waals surface area contributed by atoms with Gasteiger partial charge in [-0.1, -0.05) is 79.2 Å².